The molecule has 2 rings (SSSR count). The average molecular weight is 774 g/mol. The minimum Gasteiger partial charge on any atom is -0.480 e. The Morgan fingerprint density at radius 2 is 1.60 bits per heavy atom. The summed E-state index contributed by atoms with van der Waals surface area (Å²) in [6, 6.07) is 9.80. The number of nitrogens with one attached hydrogen (secondary N) is 4. The van der Waals surface area contributed by atoms with E-state index in [0.29, 0.717) is 10.0 Å². The molecule has 2 aromatic carbocycles. The molecule has 0 unspecified atom stereocenters. The van der Waals surface area contributed by atoms with Crippen LogP contribution in [-0.4, -0.2) is 99.4 Å². The number of halogens is 1. The molecule has 2 aromatic rings. The molecule has 0 heterocycles. The van der Waals surface area contributed by atoms with Crippen LogP contribution in [-0.2, 0) is 24.0 Å². The molecule has 42 heavy (non-hydrogen) atoms. The third kappa shape index (κ3) is 12.8. The van der Waals surface area contributed by atoms with Crippen molar-refractivity contribution in [3.8, 4) is 0 Å². The fourth-order valence-corrected chi connectivity index (χ4v) is 5.55. The van der Waals surface area contributed by atoms with Crippen molar-refractivity contribution in [3.63, 3.8) is 0 Å². The Labute approximate surface area is 263 Å². The number of hydrogen-bond acceptors (Lipinski definition) is 9. The molecular formula is C25H28AsIN4O10S. The van der Waals surface area contributed by atoms with Crippen LogP contribution < -0.4 is 25.6 Å². The third-order valence-corrected chi connectivity index (χ3v) is 8.62. The Morgan fingerprint density at radius 1 is 0.905 bits per heavy atom. The third-order valence-electron chi connectivity index (χ3n) is 5.32. The zero-order valence-corrected chi connectivity index (χ0v) is 26.6. The van der Waals surface area contributed by atoms with Crippen molar-refractivity contribution in [1.82, 2.24) is 16.0 Å². The van der Waals surface area contributed by atoms with Gasteiger partial charge >= 0.3 is 142 Å². The molecule has 4 amide bonds. The number of benzene rings is 2. The number of amides is 4. The summed E-state index contributed by atoms with van der Waals surface area (Å²) in [4.78, 5) is 72.4. The summed E-state index contributed by atoms with van der Waals surface area (Å²) < 4.78 is 19.7. The first kappa shape index (κ1) is 35.0. The first-order valence-corrected chi connectivity index (χ1v) is 16.9. The molecule has 0 aromatic heterocycles. The standard InChI is InChI=1S/C25H28AsIN4O10S/c27-16-3-1-2-14(10-16)23(36)31-18(25(38)39)8-9-20(32)30-19(24(37)28-11-22(34)35)12-42-13-21(33)29-17-6-4-15(5-7-17)26(40)41/h1-7,10,18-19,40-41H,8-9,11-13H2,(H,28,37)(H,29,33)(H,30,32)(H,31,36)(H,34,35)(H,38,39)/t18-,19-/m0/s1/i27-4. The Kier molecular flexibility index (Phi) is 14.8. The predicted octanol–water partition coefficient (Wildman–Crippen LogP) is -1.01. The molecule has 14 nitrogen and oxygen atoms in total. The number of carboxylic acid groups (broad SMARTS) is 2. The van der Waals surface area contributed by atoms with E-state index < -0.39 is 69.5 Å². The van der Waals surface area contributed by atoms with E-state index in [2.05, 4.69) is 21.3 Å². The first-order valence-electron chi connectivity index (χ1n) is 12.1. The maximum absolute atomic E-state index is 12.6. The van der Waals surface area contributed by atoms with Crippen molar-refractivity contribution in [1.29, 1.82) is 0 Å². The number of hydrogen-bond donors (Lipinski definition) is 8. The van der Waals surface area contributed by atoms with E-state index in [1.165, 1.54) is 30.3 Å². The van der Waals surface area contributed by atoms with Gasteiger partial charge < -0.3 is 15.5 Å². The second kappa shape index (κ2) is 17.7. The molecule has 17 heteroatoms. The number of carbonyl (C=O) groups is 6. The van der Waals surface area contributed by atoms with Crippen LogP contribution in [0.5, 0.6) is 0 Å². The van der Waals surface area contributed by atoms with Gasteiger partial charge in [-0.15, -0.1) is 0 Å². The minimum atomic E-state index is -3.03. The van der Waals surface area contributed by atoms with Crippen molar-refractivity contribution < 1.29 is 47.2 Å². The zero-order valence-electron chi connectivity index (χ0n) is 21.8. The summed E-state index contributed by atoms with van der Waals surface area (Å²) in [6.45, 7) is -0.705. The number of anilines is 1. The van der Waals surface area contributed by atoms with Gasteiger partial charge in [0.2, 0.25) is 0 Å². The number of carboxylic acids is 2. The second-order valence-corrected chi connectivity index (χ2v) is 13.1. The van der Waals surface area contributed by atoms with Crippen LogP contribution in [0.3, 0.4) is 0 Å². The smallest absolute Gasteiger partial charge is 0.480 e. The normalized spacial score (nSPS) is 12.1. The van der Waals surface area contributed by atoms with Gasteiger partial charge in [-0.05, 0) is 47.2 Å². The van der Waals surface area contributed by atoms with E-state index in [4.69, 9.17) is 5.11 Å². The Morgan fingerprint density at radius 3 is 2.19 bits per heavy atom. The van der Waals surface area contributed by atoms with Crippen molar-refractivity contribution in [2.45, 2.75) is 24.9 Å². The Balaban J connectivity index is 1.93. The predicted molar refractivity (Wildman–Crippen MR) is 162 cm³/mol. The van der Waals surface area contributed by atoms with Gasteiger partial charge in [-0.3, -0.25) is 14.4 Å². The summed E-state index contributed by atoms with van der Waals surface area (Å²) in [7, 11) is 0. The molecule has 8 N–H and O–H groups in total. The molecule has 0 saturated heterocycles. The molecule has 0 aliphatic carbocycles. The summed E-state index contributed by atoms with van der Waals surface area (Å²) in [6.07, 6.45) is -0.663. The second-order valence-electron chi connectivity index (χ2n) is 8.54. The summed E-state index contributed by atoms with van der Waals surface area (Å²) in [5, 5.41) is 27.9. The van der Waals surface area contributed by atoms with Crippen molar-refractivity contribution >= 4 is 95.3 Å². The van der Waals surface area contributed by atoms with E-state index in [9.17, 15) is 42.1 Å². The van der Waals surface area contributed by atoms with E-state index >= 15 is 0 Å². The van der Waals surface area contributed by atoms with Gasteiger partial charge in [-0.2, -0.15) is 0 Å². The van der Waals surface area contributed by atoms with Gasteiger partial charge in [0.1, 0.15) is 12.6 Å². The molecule has 0 radical (unpaired) electrons. The van der Waals surface area contributed by atoms with Crippen LogP contribution in [0.1, 0.15) is 23.2 Å². The van der Waals surface area contributed by atoms with Crippen molar-refractivity contribution in [2.24, 2.45) is 0 Å². The van der Waals surface area contributed by atoms with Crippen LogP contribution in [0.2, 0.25) is 0 Å². The molecule has 0 aliphatic rings. The molecular weight excluding hydrogens is 746 g/mol. The summed E-state index contributed by atoms with van der Waals surface area (Å²) in [5.74, 6) is -5.53. The van der Waals surface area contributed by atoms with E-state index in [-0.39, 0.29) is 29.9 Å². The fraction of sp³-hybridized carbons (Fsp3) is 0.280. The zero-order chi connectivity index (χ0) is 31.2. The number of aliphatic carboxylic acids is 2. The van der Waals surface area contributed by atoms with E-state index in [1.807, 2.05) is 22.6 Å². The van der Waals surface area contributed by atoms with E-state index in [0.717, 1.165) is 15.3 Å². The SMILES string of the molecule is O=C(O)CNC(=O)[C@H](CSCC(=O)Nc1ccc([As](O)O)cc1)NC(=O)CC[C@H](NC(=O)c1cccc([123I])c1)C(=O)O. The number of thioether (sulfide) groups is 1. The molecule has 0 spiro atoms. The topological polar surface area (TPSA) is 231 Å². The van der Waals surface area contributed by atoms with Gasteiger partial charge in [0, 0.05) is 15.6 Å². The monoisotopic (exact) mass is 774 g/mol. The first-order chi connectivity index (χ1) is 19.8. The van der Waals surface area contributed by atoms with E-state index in [1.54, 1.807) is 18.2 Å². The summed E-state index contributed by atoms with van der Waals surface area (Å²) >= 11 is -0.0436. The quantitative estimate of drug-likeness (QED) is 0.0761. The fourth-order valence-electron chi connectivity index (χ4n) is 3.28. The molecule has 2 atom stereocenters. The van der Waals surface area contributed by atoms with Gasteiger partial charge in [-0.1, -0.05) is 6.07 Å². The molecule has 0 saturated carbocycles. The average Bonchev–Trinajstić information content (AvgIpc) is 2.93. The maximum atomic E-state index is 12.6. The number of rotatable bonds is 16. The van der Waals surface area contributed by atoms with Crippen LogP contribution in [0.25, 0.3) is 0 Å². The Hall–Kier alpha value is -3.18. The van der Waals surface area contributed by atoms with Crippen molar-refractivity contribution in [2.75, 3.05) is 23.4 Å². The Bertz CT molecular complexity index is 1300. The number of carbonyl (C=O) groups excluding carboxylic acids is 4. The minimum absolute atomic E-state index is 0.113. The molecule has 226 valence electrons. The van der Waals surface area contributed by atoms with Gasteiger partial charge in [-0.25, -0.2) is 4.79 Å². The van der Waals surface area contributed by atoms with Crippen molar-refractivity contribution in [3.05, 3.63) is 57.7 Å². The molecule has 0 fully saturated rings. The molecule has 0 aliphatic heterocycles. The van der Waals surface area contributed by atoms with Gasteiger partial charge in [0.05, 0.1) is 0 Å². The van der Waals surface area contributed by atoms with Crippen LogP contribution in [0.15, 0.2) is 48.5 Å². The molecule has 0 bridgehead atoms. The van der Waals surface area contributed by atoms with Gasteiger partial charge in [0.15, 0.2) is 0 Å². The van der Waals surface area contributed by atoms with Gasteiger partial charge in [0.25, 0.3) is 5.91 Å². The van der Waals surface area contributed by atoms with Crippen LogP contribution in [0, 0.1) is 3.57 Å². The van der Waals surface area contributed by atoms with Crippen LogP contribution in [0.4, 0.5) is 5.69 Å². The summed E-state index contributed by atoms with van der Waals surface area (Å²) in [5.41, 5.74) is 0.655. The van der Waals surface area contributed by atoms with Crippen LogP contribution >= 0.6 is 34.4 Å².